The highest BCUT2D eigenvalue weighted by molar-refractivity contribution is 5.79. The third-order valence-electron chi connectivity index (χ3n) is 5.71. The number of ether oxygens (including phenoxy) is 3. The third kappa shape index (κ3) is 5.06. The standard InChI is InChI=1S/C23H25F2N7O4/c1-13-7-17(33)21(35-13)32-19-18(30-23(32)26-8-15-9-29-31(2)10-15)20(28-12-27-19)34-11-14-3-5-16(6-4-14)36-22(24)25/h3-6,9-10,12-13,17,21-22,33H,7-8,11H2,1-2H3,(H,26,30)/t13-,17-,21-/m1/s1. The number of hydrogen-bond acceptors (Lipinski definition) is 9. The number of rotatable bonds is 9. The van der Waals surface area contributed by atoms with Gasteiger partial charge in [-0.15, -0.1) is 0 Å². The zero-order valence-electron chi connectivity index (χ0n) is 19.6. The molecule has 0 radical (unpaired) electrons. The molecule has 11 nitrogen and oxygen atoms in total. The van der Waals surface area contributed by atoms with E-state index in [9.17, 15) is 13.9 Å². The minimum Gasteiger partial charge on any atom is -0.471 e. The van der Waals surface area contributed by atoms with Crippen molar-refractivity contribution in [2.24, 2.45) is 7.05 Å². The van der Waals surface area contributed by atoms with Crippen molar-refractivity contribution in [3.63, 3.8) is 0 Å². The lowest BCUT2D eigenvalue weighted by Crippen LogP contribution is -2.22. The van der Waals surface area contributed by atoms with Crippen molar-refractivity contribution >= 4 is 17.1 Å². The van der Waals surface area contributed by atoms with E-state index in [4.69, 9.17) is 9.47 Å². The van der Waals surface area contributed by atoms with Gasteiger partial charge in [-0.05, 0) is 24.6 Å². The number of aryl methyl sites for hydroxylation is 1. The number of aliphatic hydroxyl groups is 1. The molecule has 36 heavy (non-hydrogen) atoms. The normalized spacial score (nSPS) is 19.8. The molecule has 4 heterocycles. The first-order chi connectivity index (χ1) is 17.4. The van der Waals surface area contributed by atoms with Crippen LogP contribution in [0.2, 0.25) is 0 Å². The van der Waals surface area contributed by atoms with Crippen LogP contribution in [-0.4, -0.2) is 53.2 Å². The third-order valence-corrected chi connectivity index (χ3v) is 5.71. The van der Waals surface area contributed by atoms with Crippen LogP contribution in [0, 0.1) is 0 Å². The van der Waals surface area contributed by atoms with Crippen LogP contribution in [0.3, 0.4) is 0 Å². The zero-order valence-corrected chi connectivity index (χ0v) is 19.6. The quantitative estimate of drug-likeness (QED) is 0.356. The highest BCUT2D eigenvalue weighted by Crippen LogP contribution is 2.35. The molecule has 1 saturated heterocycles. The van der Waals surface area contributed by atoms with Crippen LogP contribution in [0.1, 0.15) is 30.7 Å². The molecule has 3 atom stereocenters. The van der Waals surface area contributed by atoms with Crippen LogP contribution >= 0.6 is 0 Å². The summed E-state index contributed by atoms with van der Waals surface area (Å²) in [6.45, 7) is -0.437. The second kappa shape index (κ2) is 10.0. The average Bonchev–Trinajstić information content (AvgIpc) is 3.52. The number of fused-ring (bicyclic) bond motifs is 1. The van der Waals surface area contributed by atoms with E-state index in [-0.39, 0.29) is 24.3 Å². The van der Waals surface area contributed by atoms with Crippen molar-refractivity contribution < 1.29 is 28.1 Å². The number of halogens is 2. The van der Waals surface area contributed by atoms with E-state index < -0.39 is 18.9 Å². The molecule has 3 aromatic heterocycles. The van der Waals surface area contributed by atoms with Gasteiger partial charge in [0.2, 0.25) is 11.8 Å². The molecule has 1 fully saturated rings. The van der Waals surface area contributed by atoms with E-state index in [0.29, 0.717) is 30.1 Å². The molecule has 5 rings (SSSR count). The second-order valence-electron chi connectivity index (χ2n) is 8.48. The lowest BCUT2D eigenvalue weighted by molar-refractivity contribution is -0.0498. The lowest BCUT2D eigenvalue weighted by Gasteiger charge is -2.19. The first-order valence-electron chi connectivity index (χ1n) is 11.3. The van der Waals surface area contributed by atoms with Crippen LogP contribution in [-0.2, 0) is 24.9 Å². The summed E-state index contributed by atoms with van der Waals surface area (Å²) in [5.74, 6) is 0.730. The van der Waals surface area contributed by atoms with Gasteiger partial charge in [-0.2, -0.15) is 18.9 Å². The summed E-state index contributed by atoms with van der Waals surface area (Å²) in [5.41, 5.74) is 2.49. The Morgan fingerprint density at radius 3 is 2.69 bits per heavy atom. The van der Waals surface area contributed by atoms with Crippen LogP contribution in [0.5, 0.6) is 11.6 Å². The monoisotopic (exact) mass is 501 g/mol. The Labute approximate surface area is 204 Å². The highest BCUT2D eigenvalue weighted by Gasteiger charge is 2.36. The van der Waals surface area contributed by atoms with E-state index >= 15 is 0 Å². The van der Waals surface area contributed by atoms with Crippen molar-refractivity contribution in [3.05, 3.63) is 54.1 Å². The van der Waals surface area contributed by atoms with Crippen LogP contribution in [0.4, 0.5) is 14.7 Å². The molecule has 0 aliphatic carbocycles. The summed E-state index contributed by atoms with van der Waals surface area (Å²) in [6.07, 6.45) is 3.89. The first-order valence-corrected chi connectivity index (χ1v) is 11.3. The number of imidazole rings is 1. The predicted molar refractivity (Wildman–Crippen MR) is 123 cm³/mol. The topological polar surface area (TPSA) is 121 Å². The van der Waals surface area contributed by atoms with Gasteiger partial charge in [0.15, 0.2) is 17.4 Å². The number of alkyl halides is 2. The van der Waals surface area contributed by atoms with Gasteiger partial charge in [-0.1, -0.05) is 12.1 Å². The molecule has 1 aliphatic rings. The predicted octanol–water partition coefficient (Wildman–Crippen LogP) is 3.02. The fourth-order valence-corrected chi connectivity index (χ4v) is 4.10. The Morgan fingerprint density at radius 1 is 1.22 bits per heavy atom. The molecule has 13 heteroatoms. The maximum absolute atomic E-state index is 12.4. The minimum absolute atomic E-state index is 0.0607. The number of hydrogen-bond donors (Lipinski definition) is 2. The van der Waals surface area contributed by atoms with Gasteiger partial charge in [-0.3, -0.25) is 9.25 Å². The summed E-state index contributed by atoms with van der Waals surface area (Å²) >= 11 is 0. The Morgan fingerprint density at radius 2 is 2.03 bits per heavy atom. The number of benzene rings is 1. The maximum atomic E-state index is 12.4. The Hall–Kier alpha value is -3.84. The lowest BCUT2D eigenvalue weighted by atomic mass is 10.2. The average molecular weight is 501 g/mol. The van der Waals surface area contributed by atoms with Gasteiger partial charge >= 0.3 is 6.61 Å². The van der Waals surface area contributed by atoms with E-state index in [1.807, 2.05) is 20.2 Å². The van der Waals surface area contributed by atoms with Crippen molar-refractivity contribution in [2.45, 2.75) is 51.5 Å². The van der Waals surface area contributed by atoms with Crippen molar-refractivity contribution in [1.29, 1.82) is 0 Å². The van der Waals surface area contributed by atoms with Crippen LogP contribution in [0.25, 0.3) is 11.2 Å². The Bertz CT molecular complexity index is 1330. The maximum Gasteiger partial charge on any atom is 0.387 e. The van der Waals surface area contributed by atoms with Crippen molar-refractivity contribution in [3.8, 4) is 11.6 Å². The van der Waals surface area contributed by atoms with Gasteiger partial charge in [0, 0.05) is 31.8 Å². The van der Waals surface area contributed by atoms with Gasteiger partial charge in [0.1, 0.15) is 24.8 Å². The second-order valence-corrected chi connectivity index (χ2v) is 8.48. The van der Waals surface area contributed by atoms with Crippen molar-refractivity contribution in [1.82, 2.24) is 29.3 Å². The number of aromatic nitrogens is 6. The van der Waals surface area contributed by atoms with E-state index in [0.717, 1.165) is 11.1 Å². The summed E-state index contributed by atoms with van der Waals surface area (Å²) in [7, 11) is 1.83. The van der Waals surface area contributed by atoms with Gasteiger partial charge < -0.3 is 24.6 Å². The fraction of sp³-hybridized carbons (Fsp3) is 0.391. The fourth-order valence-electron chi connectivity index (χ4n) is 4.10. The van der Waals surface area contributed by atoms with Crippen molar-refractivity contribution in [2.75, 3.05) is 5.32 Å². The molecule has 4 aromatic rings. The molecule has 1 aromatic carbocycles. The van der Waals surface area contributed by atoms with Gasteiger partial charge in [0.05, 0.1) is 12.3 Å². The molecule has 0 bridgehead atoms. The molecular weight excluding hydrogens is 476 g/mol. The molecular formula is C23H25F2N7O4. The summed E-state index contributed by atoms with van der Waals surface area (Å²) < 4.78 is 44.4. The SMILES string of the molecule is C[C@@H]1C[C@@H](O)[C@H](n2c(NCc3cnn(C)c3)nc3c(OCc4ccc(OC(F)F)cc4)ncnc32)O1. The molecule has 190 valence electrons. The molecule has 0 spiro atoms. The highest BCUT2D eigenvalue weighted by atomic mass is 19.3. The molecule has 0 unspecified atom stereocenters. The largest absolute Gasteiger partial charge is 0.471 e. The number of aliphatic hydroxyl groups excluding tert-OH is 1. The molecule has 0 amide bonds. The summed E-state index contributed by atoms with van der Waals surface area (Å²) in [6, 6.07) is 6.13. The van der Waals surface area contributed by atoms with Gasteiger partial charge in [-0.25, -0.2) is 9.97 Å². The summed E-state index contributed by atoms with van der Waals surface area (Å²) in [4.78, 5) is 13.3. The summed E-state index contributed by atoms with van der Waals surface area (Å²) in [5, 5.41) is 18.1. The minimum atomic E-state index is -2.89. The van der Waals surface area contributed by atoms with E-state index in [2.05, 4.69) is 30.1 Å². The van der Waals surface area contributed by atoms with E-state index in [1.54, 1.807) is 27.6 Å². The Balaban J connectivity index is 1.42. The van der Waals surface area contributed by atoms with Crippen LogP contribution < -0.4 is 14.8 Å². The van der Waals surface area contributed by atoms with Crippen LogP contribution in [0.15, 0.2) is 43.0 Å². The zero-order chi connectivity index (χ0) is 25.2. The smallest absolute Gasteiger partial charge is 0.387 e. The van der Waals surface area contributed by atoms with Gasteiger partial charge in [0.25, 0.3) is 0 Å². The number of anilines is 1. The molecule has 2 N–H and O–H groups in total. The number of nitrogens with zero attached hydrogens (tertiary/aromatic N) is 6. The molecule has 0 saturated carbocycles. The number of nitrogens with one attached hydrogen (secondary N) is 1. The Kier molecular flexibility index (Phi) is 6.65. The molecule has 1 aliphatic heterocycles. The first kappa shape index (κ1) is 23.9. The van der Waals surface area contributed by atoms with E-state index in [1.165, 1.54) is 18.5 Å².